The van der Waals surface area contributed by atoms with Crippen molar-refractivity contribution in [3.8, 4) is 11.1 Å². The Kier molecular flexibility index (Phi) is 7.70. The SMILES string of the molecule is COC1CC(C(=O)O)N(C(=O)CC(C)CCNC(=O)OCC2c3ccccc3-c3ccccc32)C1. The number of likely N-dealkylation sites (tertiary alicyclic amines) is 1. The van der Waals surface area contributed by atoms with Gasteiger partial charge >= 0.3 is 12.1 Å². The summed E-state index contributed by atoms with van der Waals surface area (Å²) in [6.07, 6.45) is 0.348. The lowest BCUT2D eigenvalue weighted by Gasteiger charge is -2.23. The molecule has 35 heavy (non-hydrogen) atoms. The van der Waals surface area contributed by atoms with E-state index in [9.17, 15) is 19.5 Å². The van der Waals surface area contributed by atoms with Gasteiger partial charge in [-0.3, -0.25) is 4.79 Å². The fraction of sp³-hybridized carbons (Fsp3) is 0.444. The second kappa shape index (κ2) is 10.9. The van der Waals surface area contributed by atoms with Crippen LogP contribution in [0.5, 0.6) is 0 Å². The van der Waals surface area contributed by atoms with Crippen molar-refractivity contribution < 1.29 is 29.0 Å². The Morgan fingerprint density at radius 1 is 1.09 bits per heavy atom. The van der Waals surface area contributed by atoms with Crippen LogP contribution in [0.3, 0.4) is 0 Å². The maximum absolute atomic E-state index is 12.7. The highest BCUT2D eigenvalue weighted by molar-refractivity contribution is 5.84. The first-order chi connectivity index (χ1) is 16.9. The fourth-order valence-electron chi connectivity index (χ4n) is 5.07. The van der Waals surface area contributed by atoms with E-state index in [1.54, 1.807) is 0 Å². The summed E-state index contributed by atoms with van der Waals surface area (Å²) in [4.78, 5) is 37.9. The van der Waals surface area contributed by atoms with Gasteiger partial charge in [0.05, 0.1) is 6.10 Å². The molecular formula is C27H32N2O6. The molecule has 2 aliphatic rings. The Morgan fingerprint density at radius 3 is 2.31 bits per heavy atom. The van der Waals surface area contributed by atoms with E-state index in [-0.39, 0.29) is 43.4 Å². The molecule has 1 heterocycles. The van der Waals surface area contributed by atoms with Crippen LogP contribution < -0.4 is 5.32 Å². The summed E-state index contributed by atoms with van der Waals surface area (Å²) < 4.78 is 10.8. The van der Waals surface area contributed by atoms with Gasteiger partial charge in [-0.15, -0.1) is 0 Å². The van der Waals surface area contributed by atoms with E-state index in [0.29, 0.717) is 19.4 Å². The number of carbonyl (C=O) groups is 3. The van der Waals surface area contributed by atoms with Gasteiger partial charge in [0.25, 0.3) is 0 Å². The predicted molar refractivity (Wildman–Crippen MR) is 130 cm³/mol. The summed E-state index contributed by atoms with van der Waals surface area (Å²) in [6, 6.07) is 15.5. The first-order valence-corrected chi connectivity index (χ1v) is 12.0. The second-order valence-corrected chi connectivity index (χ2v) is 9.34. The summed E-state index contributed by atoms with van der Waals surface area (Å²) in [5, 5.41) is 12.2. The molecule has 3 unspecified atom stereocenters. The maximum Gasteiger partial charge on any atom is 0.407 e. The van der Waals surface area contributed by atoms with Crippen molar-refractivity contribution in [3.63, 3.8) is 0 Å². The summed E-state index contributed by atoms with van der Waals surface area (Å²) in [6.45, 7) is 2.82. The van der Waals surface area contributed by atoms with Gasteiger partial charge in [-0.1, -0.05) is 55.5 Å². The number of nitrogens with one attached hydrogen (secondary N) is 1. The van der Waals surface area contributed by atoms with E-state index >= 15 is 0 Å². The molecule has 0 aromatic heterocycles. The van der Waals surface area contributed by atoms with E-state index in [1.807, 2.05) is 31.2 Å². The highest BCUT2D eigenvalue weighted by Crippen LogP contribution is 2.44. The number of carboxylic acid groups (broad SMARTS) is 1. The van der Waals surface area contributed by atoms with E-state index in [0.717, 1.165) is 11.1 Å². The van der Waals surface area contributed by atoms with E-state index < -0.39 is 18.1 Å². The number of rotatable bonds is 9. The Bertz CT molecular complexity index is 1040. The molecule has 2 aromatic carbocycles. The van der Waals surface area contributed by atoms with Crippen LogP contribution in [0.15, 0.2) is 48.5 Å². The highest BCUT2D eigenvalue weighted by atomic mass is 16.5. The Hall–Kier alpha value is -3.39. The van der Waals surface area contributed by atoms with Crippen molar-refractivity contribution >= 4 is 18.0 Å². The number of methoxy groups -OCH3 is 1. The topological polar surface area (TPSA) is 105 Å². The van der Waals surface area contributed by atoms with Crippen LogP contribution in [0.2, 0.25) is 0 Å². The smallest absolute Gasteiger partial charge is 0.407 e. The minimum Gasteiger partial charge on any atom is -0.480 e. The molecule has 0 radical (unpaired) electrons. The largest absolute Gasteiger partial charge is 0.480 e. The number of nitrogens with zero attached hydrogens (tertiary/aromatic N) is 1. The summed E-state index contributed by atoms with van der Waals surface area (Å²) in [5.41, 5.74) is 4.67. The quantitative estimate of drug-likeness (QED) is 0.568. The number of hydrogen-bond acceptors (Lipinski definition) is 5. The molecule has 8 heteroatoms. The van der Waals surface area contributed by atoms with Crippen molar-refractivity contribution in [2.75, 3.05) is 26.8 Å². The maximum atomic E-state index is 12.7. The molecule has 186 valence electrons. The highest BCUT2D eigenvalue weighted by Gasteiger charge is 2.39. The van der Waals surface area contributed by atoms with Crippen molar-refractivity contribution in [1.29, 1.82) is 0 Å². The first kappa shape index (κ1) is 24.7. The average molecular weight is 481 g/mol. The van der Waals surface area contributed by atoms with Crippen molar-refractivity contribution in [3.05, 3.63) is 59.7 Å². The standard InChI is InChI=1S/C27H32N2O6/c1-17(13-25(30)29-15-18(34-2)14-24(29)26(31)32)11-12-28-27(33)35-16-23-21-9-5-3-7-19(21)20-8-4-6-10-22(20)23/h3-10,17-18,23-24H,11-16H2,1-2H3,(H,28,33)(H,31,32). The number of amides is 2. The predicted octanol–water partition coefficient (Wildman–Crippen LogP) is 3.64. The van der Waals surface area contributed by atoms with Gasteiger partial charge in [0, 0.05) is 39.0 Å². The Balaban J connectivity index is 1.22. The Labute approximate surface area is 205 Å². The second-order valence-electron chi connectivity index (χ2n) is 9.34. The molecule has 0 saturated carbocycles. The lowest BCUT2D eigenvalue weighted by atomic mass is 9.98. The van der Waals surface area contributed by atoms with Crippen LogP contribution in [-0.4, -0.2) is 66.9 Å². The molecule has 0 bridgehead atoms. The molecule has 8 nitrogen and oxygen atoms in total. The minimum absolute atomic E-state index is 0.00302. The number of ether oxygens (including phenoxy) is 2. The zero-order valence-electron chi connectivity index (χ0n) is 20.1. The molecule has 1 saturated heterocycles. The summed E-state index contributed by atoms with van der Waals surface area (Å²) in [7, 11) is 1.52. The van der Waals surface area contributed by atoms with Crippen LogP contribution in [0.1, 0.15) is 43.2 Å². The van der Waals surface area contributed by atoms with Crippen LogP contribution in [0.4, 0.5) is 4.79 Å². The lowest BCUT2D eigenvalue weighted by molar-refractivity contribution is -0.148. The van der Waals surface area contributed by atoms with E-state index in [4.69, 9.17) is 9.47 Å². The number of carboxylic acids is 1. The van der Waals surface area contributed by atoms with E-state index in [1.165, 1.54) is 23.1 Å². The number of fused-ring (bicyclic) bond motifs is 3. The molecule has 1 aliphatic heterocycles. The summed E-state index contributed by atoms with van der Waals surface area (Å²) >= 11 is 0. The zero-order chi connectivity index (χ0) is 24.9. The third-order valence-electron chi connectivity index (χ3n) is 6.97. The van der Waals surface area contributed by atoms with Gasteiger partial charge in [-0.2, -0.15) is 0 Å². The minimum atomic E-state index is -1.01. The average Bonchev–Trinajstić information content (AvgIpc) is 3.43. The molecule has 2 amide bonds. The fourth-order valence-corrected chi connectivity index (χ4v) is 5.07. The van der Waals surface area contributed by atoms with Crippen LogP contribution in [0, 0.1) is 5.92 Å². The van der Waals surface area contributed by atoms with Gasteiger partial charge < -0.3 is 24.8 Å². The third-order valence-corrected chi connectivity index (χ3v) is 6.97. The van der Waals surface area contributed by atoms with Gasteiger partial charge in [-0.25, -0.2) is 9.59 Å². The van der Waals surface area contributed by atoms with Crippen LogP contribution >= 0.6 is 0 Å². The number of aliphatic carboxylic acids is 1. The monoisotopic (exact) mass is 480 g/mol. The number of carbonyl (C=O) groups excluding carboxylic acids is 2. The Morgan fingerprint density at radius 2 is 1.71 bits per heavy atom. The first-order valence-electron chi connectivity index (χ1n) is 12.0. The van der Waals surface area contributed by atoms with Crippen molar-refractivity contribution in [1.82, 2.24) is 10.2 Å². The molecule has 2 N–H and O–H groups in total. The van der Waals surface area contributed by atoms with Crippen molar-refractivity contribution in [2.45, 2.75) is 44.2 Å². The summed E-state index contributed by atoms with van der Waals surface area (Å²) in [5.74, 6) is -1.23. The normalized spacial score (nSPS) is 19.7. The molecule has 4 rings (SSSR count). The lowest BCUT2D eigenvalue weighted by Crippen LogP contribution is -2.41. The third kappa shape index (κ3) is 5.48. The van der Waals surface area contributed by atoms with Crippen LogP contribution in [-0.2, 0) is 19.1 Å². The van der Waals surface area contributed by atoms with Crippen LogP contribution in [0.25, 0.3) is 11.1 Å². The van der Waals surface area contributed by atoms with Gasteiger partial charge in [0.2, 0.25) is 5.91 Å². The molecular weight excluding hydrogens is 448 g/mol. The number of benzene rings is 2. The zero-order valence-corrected chi connectivity index (χ0v) is 20.1. The molecule has 2 aromatic rings. The molecule has 3 atom stereocenters. The van der Waals surface area contributed by atoms with Crippen molar-refractivity contribution in [2.24, 2.45) is 5.92 Å². The molecule has 0 spiro atoms. The number of alkyl carbamates (subject to hydrolysis) is 1. The van der Waals surface area contributed by atoms with Gasteiger partial charge in [0.15, 0.2) is 0 Å². The van der Waals surface area contributed by atoms with E-state index in [2.05, 4.69) is 29.6 Å². The number of hydrogen-bond donors (Lipinski definition) is 2. The van der Waals surface area contributed by atoms with Gasteiger partial charge in [-0.05, 0) is 34.6 Å². The molecule has 1 aliphatic carbocycles. The van der Waals surface area contributed by atoms with Gasteiger partial charge in [0.1, 0.15) is 12.6 Å². The molecule has 1 fully saturated rings.